The molecular formula is C12H15NO4. The fourth-order valence-electron chi connectivity index (χ4n) is 1.32. The van der Waals surface area contributed by atoms with Crippen molar-refractivity contribution in [3.05, 3.63) is 35.4 Å². The van der Waals surface area contributed by atoms with E-state index in [0.29, 0.717) is 5.56 Å². The van der Waals surface area contributed by atoms with Crippen LogP contribution >= 0.6 is 0 Å². The fraction of sp³-hybridized carbons (Fsp3) is 0.333. The van der Waals surface area contributed by atoms with Crippen LogP contribution in [0.3, 0.4) is 0 Å². The Hall–Kier alpha value is -1.88. The summed E-state index contributed by atoms with van der Waals surface area (Å²) in [6.07, 6.45) is 0.871. The summed E-state index contributed by atoms with van der Waals surface area (Å²) < 4.78 is 0. The Morgan fingerprint density at radius 3 is 2.29 bits per heavy atom. The van der Waals surface area contributed by atoms with Gasteiger partial charge < -0.3 is 15.5 Å². The van der Waals surface area contributed by atoms with Gasteiger partial charge in [-0.3, -0.25) is 4.79 Å². The molecule has 0 aliphatic rings. The van der Waals surface area contributed by atoms with Crippen molar-refractivity contribution < 1.29 is 19.8 Å². The lowest BCUT2D eigenvalue weighted by atomic mass is 10.1. The predicted molar refractivity (Wildman–Crippen MR) is 61.8 cm³/mol. The highest BCUT2D eigenvalue weighted by Gasteiger charge is 2.19. The number of aliphatic hydroxyl groups is 1. The third-order valence-electron chi connectivity index (χ3n) is 2.41. The second-order valence-electron chi connectivity index (χ2n) is 3.60. The highest BCUT2D eigenvalue weighted by Crippen LogP contribution is 2.05. The summed E-state index contributed by atoms with van der Waals surface area (Å²) in [5.74, 6) is -1.76. The second kappa shape index (κ2) is 6.00. The average Bonchev–Trinajstić information content (AvgIpc) is 2.35. The number of carboxylic acid groups (broad SMARTS) is 1. The van der Waals surface area contributed by atoms with Crippen molar-refractivity contribution in [2.45, 2.75) is 19.4 Å². The van der Waals surface area contributed by atoms with Crippen LogP contribution in [-0.2, 0) is 11.2 Å². The molecule has 0 aliphatic carbocycles. The van der Waals surface area contributed by atoms with E-state index in [-0.39, 0.29) is 0 Å². The third kappa shape index (κ3) is 3.57. The van der Waals surface area contributed by atoms with Crippen LogP contribution < -0.4 is 5.32 Å². The first kappa shape index (κ1) is 13.2. The molecule has 92 valence electrons. The number of hydrogen-bond acceptors (Lipinski definition) is 3. The number of carbonyl (C=O) groups excluding carboxylic acids is 1. The highest BCUT2D eigenvalue weighted by atomic mass is 16.4. The molecule has 0 saturated heterocycles. The Morgan fingerprint density at radius 2 is 1.88 bits per heavy atom. The van der Waals surface area contributed by atoms with E-state index in [0.717, 1.165) is 12.0 Å². The summed E-state index contributed by atoms with van der Waals surface area (Å²) >= 11 is 0. The Labute approximate surface area is 99.1 Å². The van der Waals surface area contributed by atoms with E-state index >= 15 is 0 Å². The quantitative estimate of drug-likeness (QED) is 0.693. The first-order valence-electron chi connectivity index (χ1n) is 5.32. The van der Waals surface area contributed by atoms with Crippen LogP contribution in [0.5, 0.6) is 0 Å². The van der Waals surface area contributed by atoms with Crippen molar-refractivity contribution in [1.29, 1.82) is 0 Å². The molecule has 0 spiro atoms. The van der Waals surface area contributed by atoms with Gasteiger partial charge in [-0.25, -0.2) is 4.79 Å². The first-order chi connectivity index (χ1) is 8.08. The van der Waals surface area contributed by atoms with Crippen molar-refractivity contribution in [1.82, 2.24) is 5.32 Å². The molecule has 0 heterocycles. The molecule has 1 amide bonds. The van der Waals surface area contributed by atoms with Crippen LogP contribution in [0.4, 0.5) is 0 Å². The van der Waals surface area contributed by atoms with Crippen LogP contribution in [-0.4, -0.2) is 34.7 Å². The Kier molecular flexibility index (Phi) is 4.66. The molecular weight excluding hydrogens is 222 g/mol. The number of benzene rings is 1. The Bertz CT molecular complexity index is 399. The largest absolute Gasteiger partial charge is 0.480 e. The molecule has 1 atom stereocenters. The molecule has 0 fully saturated rings. The monoisotopic (exact) mass is 237 g/mol. The summed E-state index contributed by atoms with van der Waals surface area (Å²) in [6.45, 7) is 1.37. The van der Waals surface area contributed by atoms with E-state index in [1.165, 1.54) is 0 Å². The van der Waals surface area contributed by atoms with Crippen LogP contribution in [0, 0.1) is 0 Å². The minimum Gasteiger partial charge on any atom is -0.480 e. The number of aryl methyl sites for hydroxylation is 1. The number of rotatable bonds is 5. The van der Waals surface area contributed by atoms with Crippen molar-refractivity contribution in [3.63, 3.8) is 0 Å². The van der Waals surface area contributed by atoms with Gasteiger partial charge in [0.05, 0.1) is 6.61 Å². The molecule has 5 nitrogen and oxygen atoms in total. The lowest BCUT2D eigenvalue weighted by Crippen LogP contribution is -2.43. The summed E-state index contributed by atoms with van der Waals surface area (Å²) in [5, 5.41) is 19.7. The molecule has 0 aliphatic heterocycles. The molecule has 3 N–H and O–H groups in total. The van der Waals surface area contributed by atoms with Crippen molar-refractivity contribution >= 4 is 11.9 Å². The Morgan fingerprint density at radius 1 is 1.29 bits per heavy atom. The standard InChI is InChI=1S/C12H15NO4/c1-2-8-3-5-9(6-4-8)11(15)13-10(7-14)12(16)17/h3-6,10,14H,2,7H2,1H3,(H,13,15)(H,16,17)/t10-/m1/s1. The fourth-order valence-corrected chi connectivity index (χ4v) is 1.32. The number of carboxylic acids is 1. The summed E-state index contributed by atoms with van der Waals surface area (Å²) in [6, 6.07) is 5.61. The van der Waals surface area contributed by atoms with Crippen molar-refractivity contribution in [2.24, 2.45) is 0 Å². The number of nitrogens with one attached hydrogen (secondary N) is 1. The van der Waals surface area contributed by atoms with Gasteiger partial charge in [0, 0.05) is 5.56 Å². The zero-order valence-corrected chi connectivity index (χ0v) is 9.51. The van der Waals surface area contributed by atoms with Gasteiger partial charge in [0.15, 0.2) is 6.04 Å². The van der Waals surface area contributed by atoms with Crippen LogP contribution in [0.15, 0.2) is 24.3 Å². The smallest absolute Gasteiger partial charge is 0.328 e. The SMILES string of the molecule is CCc1ccc(C(=O)N[C@H](CO)C(=O)O)cc1. The summed E-state index contributed by atoms with van der Waals surface area (Å²) in [4.78, 5) is 22.3. The maximum atomic E-state index is 11.6. The maximum Gasteiger partial charge on any atom is 0.328 e. The van der Waals surface area contributed by atoms with Crippen LogP contribution in [0.2, 0.25) is 0 Å². The highest BCUT2D eigenvalue weighted by molar-refractivity contribution is 5.96. The second-order valence-corrected chi connectivity index (χ2v) is 3.60. The normalized spacial score (nSPS) is 11.9. The predicted octanol–water partition coefficient (Wildman–Crippen LogP) is 0.424. The number of amides is 1. The molecule has 1 aromatic rings. The van der Waals surface area contributed by atoms with Gasteiger partial charge in [0.25, 0.3) is 5.91 Å². The molecule has 17 heavy (non-hydrogen) atoms. The maximum absolute atomic E-state index is 11.6. The molecule has 5 heteroatoms. The molecule has 1 rings (SSSR count). The molecule has 0 saturated carbocycles. The average molecular weight is 237 g/mol. The number of aliphatic hydroxyl groups excluding tert-OH is 1. The van der Waals surface area contributed by atoms with Gasteiger partial charge in [-0.05, 0) is 24.1 Å². The lowest BCUT2D eigenvalue weighted by molar-refractivity contribution is -0.140. The van der Waals surface area contributed by atoms with E-state index in [2.05, 4.69) is 5.32 Å². The minimum absolute atomic E-state index is 0.377. The molecule has 0 bridgehead atoms. The molecule has 1 aromatic carbocycles. The van der Waals surface area contributed by atoms with Crippen molar-refractivity contribution in [2.75, 3.05) is 6.61 Å². The van der Waals surface area contributed by atoms with Gasteiger partial charge >= 0.3 is 5.97 Å². The van der Waals surface area contributed by atoms with Gasteiger partial charge in [-0.15, -0.1) is 0 Å². The molecule has 0 radical (unpaired) electrons. The first-order valence-corrected chi connectivity index (χ1v) is 5.32. The number of carbonyl (C=O) groups is 2. The number of hydrogen-bond donors (Lipinski definition) is 3. The summed E-state index contributed by atoms with van der Waals surface area (Å²) in [7, 11) is 0. The van der Waals surface area contributed by atoms with Crippen LogP contribution in [0.1, 0.15) is 22.8 Å². The summed E-state index contributed by atoms with van der Waals surface area (Å²) in [5.41, 5.74) is 1.47. The van der Waals surface area contributed by atoms with Gasteiger partial charge in [-0.1, -0.05) is 19.1 Å². The van der Waals surface area contributed by atoms with E-state index in [1.54, 1.807) is 12.1 Å². The van der Waals surface area contributed by atoms with E-state index in [1.807, 2.05) is 19.1 Å². The minimum atomic E-state index is -1.27. The van der Waals surface area contributed by atoms with Crippen LogP contribution in [0.25, 0.3) is 0 Å². The van der Waals surface area contributed by atoms with Gasteiger partial charge in [0.1, 0.15) is 0 Å². The van der Waals surface area contributed by atoms with Gasteiger partial charge in [-0.2, -0.15) is 0 Å². The Balaban J connectivity index is 2.72. The molecule has 0 unspecified atom stereocenters. The topological polar surface area (TPSA) is 86.6 Å². The van der Waals surface area contributed by atoms with Gasteiger partial charge in [0.2, 0.25) is 0 Å². The zero-order chi connectivity index (χ0) is 12.8. The third-order valence-corrected chi connectivity index (χ3v) is 2.41. The number of aliphatic carboxylic acids is 1. The lowest BCUT2D eigenvalue weighted by Gasteiger charge is -2.11. The van der Waals surface area contributed by atoms with E-state index < -0.39 is 24.5 Å². The van der Waals surface area contributed by atoms with Crippen molar-refractivity contribution in [3.8, 4) is 0 Å². The van der Waals surface area contributed by atoms with E-state index in [9.17, 15) is 9.59 Å². The van der Waals surface area contributed by atoms with E-state index in [4.69, 9.17) is 10.2 Å². The molecule has 0 aromatic heterocycles. The zero-order valence-electron chi connectivity index (χ0n) is 9.51.